The molecule has 0 atom stereocenters. The van der Waals surface area contributed by atoms with Gasteiger partial charge in [0.05, 0.1) is 10.6 Å². The Morgan fingerprint density at radius 1 is 1.14 bits per heavy atom. The number of aryl methyl sites for hydroxylation is 1. The van der Waals surface area contributed by atoms with Gasteiger partial charge in [-0.3, -0.25) is 9.52 Å². The lowest BCUT2D eigenvalue weighted by Gasteiger charge is -2.11. The molecule has 0 amide bonds. The van der Waals surface area contributed by atoms with Gasteiger partial charge >= 0.3 is 0 Å². The van der Waals surface area contributed by atoms with E-state index in [4.69, 9.17) is 11.6 Å². The summed E-state index contributed by atoms with van der Waals surface area (Å²) < 4.78 is 27.2. The van der Waals surface area contributed by atoms with E-state index in [1.807, 2.05) is 0 Å². The molecule has 2 rings (SSSR count). The van der Waals surface area contributed by atoms with Crippen molar-refractivity contribution >= 4 is 33.1 Å². The highest BCUT2D eigenvalue weighted by molar-refractivity contribution is 7.92. The van der Waals surface area contributed by atoms with Crippen molar-refractivity contribution in [1.29, 1.82) is 0 Å². The van der Waals surface area contributed by atoms with Gasteiger partial charge in [-0.15, -0.1) is 0 Å². The summed E-state index contributed by atoms with van der Waals surface area (Å²) in [5.74, 6) is -0.185. The largest absolute Gasteiger partial charge is 0.295 e. The predicted molar refractivity (Wildman–Crippen MR) is 83.4 cm³/mol. The van der Waals surface area contributed by atoms with Crippen LogP contribution < -0.4 is 4.72 Å². The van der Waals surface area contributed by atoms with Gasteiger partial charge in [-0.2, -0.15) is 0 Å². The van der Waals surface area contributed by atoms with Crippen molar-refractivity contribution < 1.29 is 13.2 Å². The fourth-order valence-electron chi connectivity index (χ4n) is 1.83. The first-order valence-electron chi connectivity index (χ1n) is 6.19. The molecule has 0 spiro atoms. The standard InChI is InChI=1S/C15H14ClNO3S/c1-10-8-13(16)6-7-15(10)17-21(19,20)14-5-3-4-12(9-14)11(2)18/h3-9,17H,1-2H3. The topological polar surface area (TPSA) is 63.2 Å². The molecular formula is C15H14ClNO3S. The van der Waals surface area contributed by atoms with E-state index in [9.17, 15) is 13.2 Å². The van der Waals surface area contributed by atoms with Gasteiger partial charge in [0.25, 0.3) is 10.0 Å². The molecule has 110 valence electrons. The van der Waals surface area contributed by atoms with Crippen LogP contribution in [0.25, 0.3) is 0 Å². The Kier molecular flexibility index (Phi) is 4.34. The molecule has 0 bridgehead atoms. The van der Waals surface area contributed by atoms with Gasteiger partial charge < -0.3 is 0 Å². The summed E-state index contributed by atoms with van der Waals surface area (Å²) in [4.78, 5) is 11.4. The van der Waals surface area contributed by atoms with E-state index >= 15 is 0 Å². The van der Waals surface area contributed by atoms with Crippen LogP contribution in [0, 0.1) is 6.92 Å². The normalized spacial score (nSPS) is 11.2. The smallest absolute Gasteiger partial charge is 0.261 e. The van der Waals surface area contributed by atoms with E-state index in [2.05, 4.69) is 4.72 Å². The number of hydrogen-bond acceptors (Lipinski definition) is 3. The molecule has 2 aromatic carbocycles. The molecule has 0 aliphatic rings. The molecular weight excluding hydrogens is 310 g/mol. The third kappa shape index (κ3) is 3.62. The summed E-state index contributed by atoms with van der Waals surface area (Å²) in [5.41, 5.74) is 1.52. The lowest BCUT2D eigenvalue weighted by Crippen LogP contribution is -2.14. The Morgan fingerprint density at radius 3 is 2.48 bits per heavy atom. The van der Waals surface area contributed by atoms with Crippen LogP contribution in [0.4, 0.5) is 5.69 Å². The van der Waals surface area contributed by atoms with Gasteiger partial charge in [-0.25, -0.2) is 8.42 Å². The Balaban J connectivity index is 2.38. The molecule has 0 aliphatic carbocycles. The van der Waals surface area contributed by atoms with E-state index in [1.54, 1.807) is 37.3 Å². The summed E-state index contributed by atoms with van der Waals surface area (Å²) in [6.45, 7) is 3.15. The monoisotopic (exact) mass is 323 g/mol. The zero-order chi connectivity index (χ0) is 15.6. The van der Waals surface area contributed by atoms with Gasteiger partial charge in [0.1, 0.15) is 0 Å². The summed E-state index contributed by atoms with van der Waals surface area (Å²) in [7, 11) is -3.75. The maximum Gasteiger partial charge on any atom is 0.261 e. The first kappa shape index (κ1) is 15.5. The third-order valence-electron chi connectivity index (χ3n) is 2.98. The van der Waals surface area contributed by atoms with Crippen molar-refractivity contribution in [3.05, 3.63) is 58.6 Å². The number of ketones is 1. The second-order valence-electron chi connectivity index (χ2n) is 4.65. The summed E-state index contributed by atoms with van der Waals surface area (Å²) in [5, 5.41) is 0.536. The zero-order valence-electron chi connectivity index (χ0n) is 11.6. The quantitative estimate of drug-likeness (QED) is 0.873. The van der Waals surface area contributed by atoms with Crippen LogP contribution in [0.5, 0.6) is 0 Å². The van der Waals surface area contributed by atoms with Crippen molar-refractivity contribution in [3.8, 4) is 0 Å². The van der Waals surface area contributed by atoms with Crippen molar-refractivity contribution in [2.24, 2.45) is 0 Å². The van der Waals surface area contributed by atoms with E-state index in [0.29, 0.717) is 21.8 Å². The average molecular weight is 324 g/mol. The lowest BCUT2D eigenvalue weighted by atomic mass is 10.2. The van der Waals surface area contributed by atoms with Crippen LogP contribution in [0.15, 0.2) is 47.4 Å². The number of carbonyl (C=O) groups is 1. The molecule has 0 unspecified atom stereocenters. The van der Waals surface area contributed by atoms with Gasteiger partial charge in [0, 0.05) is 10.6 Å². The number of sulfonamides is 1. The molecule has 0 fully saturated rings. The highest BCUT2D eigenvalue weighted by atomic mass is 35.5. The maximum atomic E-state index is 12.4. The molecule has 1 N–H and O–H groups in total. The van der Waals surface area contributed by atoms with Crippen LogP contribution in [0.1, 0.15) is 22.8 Å². The maximum absolute atomic E-state index is 12.4. The number of halogens is 1. The number of anilines is 1. The SMILES string of the molecule is CC(=O)c1cccc(S(=O)(=O)Nc2ccc(Cl)cc2C)c1. The Morgan fingerprint density at radius 2 is 1.86 bits per heavy atom. The molecule has 21 heavy (non-hydrogen) atoms. The second-order valence-corrected chi connectivity index (χ2v) is 6.77. The van der Waals surface area contributed by atoms with Crippen molar-refractivity contribution in [2.45, 2.75) is 18.7 Å². The Labute approximate surface area is 128 Å². The zero-order valence-corrected chi connectivity index (χ0v) is 13.1. The van der Waals surface area contributed by atoms with Crippen molar-refractivity contribution in [2.75, 3.05) is 4.72 Å². The minimum atomic E-state index is -3.75. The van der Waals surface area contributed by atoms with Gasteiger partial charge in [0.2, 0.25) is 0 Å². The number of hydrogen-bond donors (Lipinski definition) is 1. The number of benzene rings is 2. The molecule has 0 saturated heterocycles. The lowest BCUT2D eigenvalue weighted by molar-refractivity contribution is 0.101. The predicted octanol–water partition coefficient (Wildman–Crippen LogP) is 3.65. The minimum absolute atomic E-state index is 0.0459. The van der Waals surface area contributed by atoms with Crippen LogP contribution in [0.2, 0.25) is 5.02 Å². The fourth-order valence-corrected chi connectivity index (χ4v) is 3.23. The van der Waals surface area contributed by atoms with Crippen LogP contribution in [-0.4, -0.2) is 14.2 Å². The minimum Gasteiger partial charge on any atom is -0.295 e. The molecule has 6 heteroatoms. The number of Topliss-reactive ketones (excluding diaryl/α,β-unsaturated/α-hetero) is 1. The molecule has 0 aliphatic heterocycles. The van der Waals surface area contributed by atoms with Crippen molar-refractivity contribution in [3.63, 3.8) is 0 Å². The van der Waals surface area contributed by atoms with E-state index < -0.39 is 10.0 Å². The highest BCUT2D eigenvalue weighted by Gasteiger charge is 2.16. The van der Waals surface area contributed by atoms with Gasteiger partial charge in [0.15, 0.2) is 5.78 Å². The summed E-state index contributed by atoms with van der Waals surface area (Å²) >= 11 is 5.85. The number of carbonyl (C=O) groups excluding carboxylic acids is 1. The fraction of sp³-hybridized carbons (Fsp3) is 0.133. The van der Waals surface area contributed by atoms with Gasteiger partial charge in [-0.05, 0) is 49.7 Å². The number of rotatable bonds is 4. The van der Waals surface area contributed by atoms with Crippen molar-refractivity contribution in [1.82, 2.24) is 0 Å². The first-order chi connectivity index (χ1) is 9.79. The summed E-state index contributed by atoms with van der Waals surface area (Å²) in [6.07, 6.45) is 0. The third-order valence-corrected chi connectivity index (χ3v) is 4.58. The number of nitrogens with one attached hydrogen (secondary N) is 1. The van der Waals surface area contributed by atoms with Crippen LogP contribution in [0.3, 0.4) is 0 Å². The molecule has 4 nitrogen and oxygen atoms in total. The highest BCUT2D eigenvalue weighted by Crippen LogP contribution is 2.23. The first-order valence-corrected chi connectivity index (χ1v) is 8.06. The van der Waals surface area contributed by atoms with E-state index in [-0.39, 0.29) is 10.7 Å². The molecule has 0 heterocycles. The molecule has 0 saturated carbocycles. The van der Waals surface area contributed by atoms with Crippen LogP contribution >= 0.6 is 11.6 Å². The van der Waals surface area contributed by atoms with Crippen LogP contribution in [-0.2, 0) is 10.0 Å². The molecule has 0 radical (unpaired) electrons. The van der Waals surface area contributed by atoms with E-state index in [0.717, 1.165) is 0 Å². The Bertz CT molecular complexity index is 800. The van der Waals surface area contributed by atoms with E-state index in [1.165, 1.54) is 19.1 Å². The summed E-state index contributed by atoms with van der Waals surface area (Å²) in [6, 6.07) is 10.8. The molecule has 2 aromatic rings. The average Bonchev–Trinajstić information content (AvgIpc) is 2.42. The molecule has 0 aromatic heterocycles. The second kappa shape index (κ2) is 5.87. The Hall–Kier alpha value is -1.85. The van der Waals surface area contributed by atoms with Gasteiger partial charge in [-0.1, -0.05) is 23.7 Å².